The summed E-state index contributed by atoms with van der Waals surface area (Å²) >= 11 is 0. The molecule has 1 aliphatic carbocycles. The van der Waals surface area contributed by atoms with E-state index in [2.05, 4.69) is 20.6 Å². The standard InChI is InChI=1S/C22H27N5O2/c1-14-20(15(2)27(3)26-14)18-13-19(25-24-18)21(28)23-22(11-5-6-12-22)16-7-9-17(29-4)10-8-16/h7-10,13H,5-6,11-12H2,1-4H3,(H,23,28)(H,24,25). The summed E-state index contributed by atoms with van der Waals surface area (Å²) < 4.78 is 7.10. The average molecular weight is 393 g/mol. The molecule has 0 bridgehead atoms. The van der Waals surface area contributed by atoms with Gasteiger partial charge in [-0.15, -0.1) is 0 Å². The van der Waals surface area contributed by atoms with Gasteiger partial charge >= 0.3 is 0 Å². The van der Waals surface area contributed by atoms with Gasteiger partial charge in [0.05, 0.1) is 24.0 Å². The van der Waals surface area contributed by atoms with Gasteiger partial charge in [0, 0.05) is 18.3 Å². The number of ether oxygens (including phenoxy) is 1. The lowest BCUT2D eigenvalue weighted by Crippen LogP contribution is -2.43. The highest BCUT2D eigenvalue weighted by Gasteiger charge is 2.37. The molecular weight excluding hydrogens is 366 g/mol. The molecule has 1 fully saturated rings. The normalized spacial score (nSPS) is 15.4. The van der Waals surface area contributed by atoms with E-state index >= 15 is 0 Å². The number of nitrogens with zero attached hydrogens (tertiary/aromatic N) is 3. The second-order valence-electron chi connectivity index (χ2n) is 7.81. The van der Waals surface area contributed by atoms with Gasteiger partial charge in [-0.3, -0.25) is 14.6 Å². The minimum absolute atomic E-state index is 0.138. The Kier molecular flexibility index (Phi) is 4.90. The van der Waals surface area contributed by atoms with Crippen molar-refractivity contribution in [3.63, 3.8) is 0 Å². The number of aromatic nitrogens is 4. The van der Waals surface area contributed by atoms with Crippen molar-refractivity contribution < 1.29 is 9.53 Å². The van der Waals surface area contributed by atoms with Crippen LogP contribution in [0.5, 0.6) is 5.75 Å². The molecule has 0 radical (unpaired) electrons. The lowest BCUT2D eigenvalue weighted by Gasteiger charge is -2.31. The van der Waals surface area contributed by atoms with Crippen LogP contribution in [-0.4, -0.2) is 33.0 Å². The van der Waals surface area contributed by atoms with Crippen LogP contribution in [0.15, 0.2) is 30.3 Å². The molecule has 2 N–H and O–H groups in total. The van der Waals surface area contributed by atoms with Gasteiger partial charge in [0.2, 0.25) is 0 Å². The van der Waals surface area contributed by atoms with Gasteiger partial charge in [0.1, 0.15) is 11.4 Å². The Balaban J connectivity index is 1.60. The first kappa shape index (κ1) is 19.2. The molecule has 1 aliphatic rings. The number of hydrogen-bond donors (Lipinski definition) is 2. The summed E-state index contributed by atoms with van der Waals surface area (Å²) in [6.45, 7) is 3.95. The van der Waals surface area contributed by atoms with Gasteiger partial charge in [-0.2, -0.15) is 10.2 Å². The molecule has 0 saturated heterocycles. The zero-order valence-electron chi connectivity index (χ0n) is 17.4. The Morgan fingerprint density at radius 1 is 1.21 bits per heavy atom. The summed E-state index contributed by atoms with van der Waals surface area (Å²) in [7, 11) is 3.56. The zero-order valence-corrected chi connectivity index (χ0v) is 17.4. The Hall–Kier alpha value is -3.09. The van der Waals surface area contributed by atoms with Crippen LogP contribution in [0.3, 0.4) is 0 Å². The number of hydrogen-bond acceptors (Lipinski definition) is 4. The highest BCUT2D eigenvalue weighted by molar-refractivity contribution is 5.94. The van der Waals surface area contributed by atoms with Crippen LogP contribution in [0.25, 0.3) is 11.3 Å². The fourth-order valence-electron chi connectivity index (χ4n) is 4.37. The Bertz CT molecular complexity index is 1030. The van der Waals surface area contributed by atoms with Crippen molar-refractivity contribution in [2.24, 2.45) is 7.05 Å². The number of rotatable bonds is 5. The fraction of sp³-hybridized carbons (Fsp3) is 0.409. The molecular formula is C22H27N5O2. The predicted molar refractivity (Wildman–Crippen MR) is 111 cm³/mol. The van der Waals surface area contributed by atoms with Crippen molar-refractivity contribution in [1.29, 1.82) is 0 Å². The second kappa shape index (κ2) is 7.39. The van der Waals surface area contributed by atoms with E-state index in [0.717, 1.165) is 59.6 Å². The lowest BCUT2D eigenvalue weighted by molar-refractivity contribution is 0.0893. The first-order valence-corrected chi connectivity index (χ1v) is 9.96. The highest BCUT2D eigenvalue weighted by atomic mass is 16.5. The van der Waals surface area contributed by atoms with Crippen LogP contribution in [0.4, 0.5) is 0 Å². The van der Waals surface area contributed by atoms with Gasteiger partial charge in [0.15, 0.2) is 0 Å². The number of aryl methyl sites for hydroxylation is 2. The van der Waals surface area contributed by atoms with E-state index in [4.69, 9.17) is 4.74 Å². The SMILES string of the molecule is COc1ccc(C2(NC(=O)c3cc(-c4c(C)nn(C)c4C)n[nH]3)CCCC2)cc1. The van der Waals surface area contributed by atoms with Gasteiger partial charge in [-0.1, -0.05) is 25.0 Å². The molecule has 1 amide bonds. The summed E-state index contributed by atoms with van der Waals surface area (Å²) in [5, 5.41) is 15.0. The van der Waals surface area contributed by atoms with E-state index in [9.17, 15) is 4.79 Å². The van der Waals surface area contributed by atoms with Crippen molar-refractivity contribution in [3.8, 4) is 17.0 Å². The molecule has 0 unspecified atom stereocenters. The van der Waals surface area contributed by atoms with E-state index < -0.39 is 0 Å². The number of nitrogens with one attached hydrogen (secondary N) is 2. The van der Waals surface area contributed by atoms with Crippen molar-refractivity contribution in [1.82, 2.24) is 25.3 Å². The molecule has 29 heavy (non-hydrogen) atoms. The van der Waals surface area contributed by atoms with Crippen molar-refractivity contribution in [3.05, 3.63) is 53.0 Å². The van der Waals surface area contributed by atoms with E-state index in [1.807, 2.05) is 55.9 Å². The Morgan fingerprint density at radius 3 is 2.48 bits per heavy atom. The predicted octanol–water partition coefficient (Wildman–Crippen LogP) is 3.63. The maximum absolute atomic E-state index is 13.1. The molecule has 7 nitrogen and oxygen atoms in total. The molecule has 7 heteroatoms. The molecule has 2 aromatic heterocycles. The summed E-state index contributed by atoms with van der Waals surface area (Å²) in [6, 6.07) is 9.80. The summed E-state index contributed by atoms with van der Waals surface area (Å²) in [4.78, 5) is 13.1. The molecule has 3 aromatic rings. The number of benzene rings is 1. The van der Waals surface area contributed by atoms with Crippen LogP contribution < -0.4 is 10.1 Å². The summed E-state index contributed by atoms with van der Waals surface area (Å²) in [5.41, 5.74) is 4.84. The minimum atomic E-state index is -0.352. The van der Waals surface area contributed by atoms with Gasteiger partial charge in [-0.25, -0.2) is 0 Å². The smallest absolute Gasteiger partial charge is 0.270 e. The van der Waals surface area contributed by atoms with Crippen molar-refractivity contribution >= 4 is 5.91 Å². The minimum Gasteiger partial charge on any atom is -0.497 e. The van der Waals surface area contributed by atoms with E-state index in [-0.39, 0.29) is 11.4 Å². The maximum atomic E-state index is 13.1. The Labute approximate surface area is 170 Å². The zero-order chi connectivity index (χ0) is 20.6. The van der Waals surface area contributed by atoms with E-state index in [1.165, 1.54) is 0 Å². The molecule has 2 heterocycles. The molecule has 0 aliphatic heterocycles. The van der Waals surface area contributed by atoms with Crippen LogP contribution in [0.2, 0.25) is 0 Å². The van der Waals surface area contributed by atoms with Crippen molar-refractivity contribution in [2.75, 3.05) is 7.11 Å². The van der Waals surface area contributed by atoms with Gasteiger partial charge in [-0.05, 0) is 50.5 Å². The third-order valence-electron chi connectivity index (χ3n) is 6.04. The number of carbonyl (C=O) groups is 1. The van der Waals surface area contributed by atoms with Gasteiger partial charge in [0.25, 0.3) is 5.91 Å². The maximum Gasteiger partial charge on any atom is 0.270 e. The number of amides is 1. The monoisotopic (exact) mass is 393 g/mol. The van der Waals surface area contributed by atoms with Crippen molar-refractivity contribution in [2.45, 2.75) is 45.1 Å². The van der Waals surface area contributed by atoms with E-state index in [0.29, 0.717) is 5.69 Å². The number of aromatic amines is 1. The third kappa shape index (κ3) is 3.41. The molecule has 4 rings (SSSR count). The van der Waals surface area contributed by atoms with Crippen LogP contribution in [-0.2, 0) is 12.6 Å². The average Bonchev–Trinajstić information content (AvgIpc) is 3.43. The first-order chi connectivity index (χ1) is 13.9. The van der Waals surface area contributed by atoms with Gasteiger partial charge < -0.3 is 10.1 Å². The van der Waals surface area contributed by atoms with Crippen LogP contribution in [0, 0.1) is 13.8 Å². The second-order valence-corrected chi connectivity index (χ2v) is 7.81. The Morgan fingerprint density at radius 2 is 1.90 bits per heavy atom. The largest absolute Gasteiger partial charge is 0.497 e. The van der Waals surface area contributed by atoms with Crippen LogP contribution >= 0.6 is 0 Å². The number of carbonyl (C=O) groups excluding carboxylic acids is 1. The molecule has 0 spiro atoms. The molecule has 1 aromatic carbocycles. The topological polar surface area (TPSA) is 84.8 Å². The summed E-state index contributed by atoms with van der Waals surface area (Å²) in [5.74, 6) is 0.675. The first-order valence-electron chi connectivity index (χ1n) is 9.96. The van der Waals surface area contributed by atoms with Crippen LogP contribution in [0.1, 0.15) is 53.1 Å². The molecule has 152 valence electrons. The third-order valence-corrected chi connectivity index (χ3v) is 6.04. The lowest BCUT2D eigenvalue weighted by atomic mass is 9.88. The number of methoxy groups -OCH3 is 1. The molecule has 0 atom stereocenters. The molecule has 1 saturated carbocycles. The highest BCUT2D eigenvalue weighted by Crippen LogP contribution is 2.39. The summed E-state index contributed by atoms with van der Waals surface area (Å²) in [6.07, 6.45) is 4.03. The fourth-order valence-corrected chi connectivity index (χ4v) is 4.37. The number of H-pyrrole nitrogens is 1. The quantitative estimate of drug-likeness (QED) is 0.693. The van der Waals surface area contributed by atoms with E-state index in [1.54, 1.807) is 7.11 Å².